The van der Waals surface area contributed by atoms with Crippen LogP contribution in [-0.4, -0.2) is 37.1 Å². The van der Waals surface area contributed by atoms with Crippen LogP contribution in [0.15, 0.2) is 30.3 Å². The molecule has 1 aliphatic heterocycles. The van der Waals surface area contributed by atoms with Crippen LogP contribution in [-0.2, 0) is 14.9 Å². The molecule has 1 aromatic carbocycles. The molecule has 2 rings (SSSR count). The Kier molecular flexibility index (Phi) is 5.40. The predicted molar refractivity (Wildman–Crippen MR) is 85.3 cm³/mol. The van der Waals surface area contributed by atoms with Gasteiger partial charge in [0.25, 0.3) is 0 Å². The molecule has 2 atom stereocenters. The molecule has 0 bridgehead atoms. The van der Waals surface area contributed by atoms with E-state index in [9.17, 15) is 4.79 Å². The van der Waals surface area contributed by atoms with Crippen LogP contribution in [0.25, 0.3) is 0 Å². The molecule has 1 fully saturated rings. The van der Waals surface area contributed by atoms with Gasteiger partial charge in [-0.2, -0.15) is 0 Å². The van der Waals surface area contributed by atoms with Crippen molar-refractivity contribution in [2.24, 2.45) is 5.92 Å². The number of esters is 1. The monoisotopic (exact) mass is 289 g/mol. The number of carbonyl (C=O) groups is 1. The fraction of sp³-hybridized carbons (Fsp3) is 0.611. The highest BCUT2D eigenvalue weighted by molar-refractivity contribution is 5.83. The second-order valence-corrected chi connectivity index (χ2v) is 5.79. The normalized spacial score (nSPS) is 22.0. The van der Waals surface area contributed by atoms with Gasteiger partial charge in [-0.15, -0.1) is 0 Å². The van der Waals surface area contributed by atoms with Crippen LogP contribution in [0, 0.1) is 5.92 Å². The number of likely N-dealkylation sites (tertiary alicyclic amines) is 1. The van der Waals surface area contributed by atoms with Crippen LogP contribution < -0.4 is 0 Å². The SMILES string of the molecule is CCOC(=O)[C@@](CC)(c1ccccc1)[C@H]1CCN(CC)C1. The number of ether oxygens (including phenoxy) is 1. The average Bonchev–Trinajstić information content (AvgIpc) is 2.99. The Bertz CT molecular complexity index is 460. The first-order chi connectivity index (χ1) is 10.2. The molecule has 0 spiro atoms. The first-order valence-corrected chi connectivity index (χ1v) is 8.14. The zero-order chi connectivity index (χ0) is 15.3. The lowest BCUT2D eigenvalue weighted by atomic mass is 9.68. The van der Waals surface area contributed by atoms with E-state index in [0.717, 1.165) is 38.0 Å². The molecule has 3 nitrogen and oxygen atoms in total. The summed E-state index contributed by atoms with van der Waals surface area (Å²) in [7, 11) is 0. The number of carbonyl (C=O) groups excluding carboxylic acids is 1. The smallest absolute Gasteiger partial charge is 0.316 e. The van der Waals surface area contributed by atoms with Gasteiger partial charge in [0, 0.05) is 6.54 Å². The van der Waals surface area contributed by atoms with Crippen LogP contribution in [0.5, 0.6) is 0 Å². The zero-order valence-corrected chi connectivity index (χ0v) is 13.5. The first kappa shape index (κ1) is 16.0. The minimum Gasteiger partial charge on any atom is -0.465 e. The van der Waals surface area contributed by atoms with Crippen molar-refractivity contribution < 1.29 is 9.53 Å². The third-order valence-corrected chi connectivity index (χ3v) is 4.90. The summed E-state index contributed by atoms with van der Waals surface area (Å²) in [6.45, 7) is 9.73. The largest absolute Gasteiger partial charge is 0.465 e. The summed E-state index contributed by atoms with van der Waals surface area (Å²) >= 11 is 0. The van der Waals surface area contributed by atoms with Crippen LogP contribution in [0.4, 0.5) is 0 Å². The Balaban J connectivity index is 2.40. The van der Waals surface area contributed by atoms with Gasteiger partial charge in [-0.25, -0.2) is 0 Å². The Morgan fingerprint density at radius 1 is 1.29 bits per heavy atom. The molecule has 0 saturated carbocycles. The third-order valence-electron chi connectivity index (χ3n) is 4.90. The standard InChI is InChI=1S/C18H27NO2/c1-4-18(17(20)21-6-3,15-10-8-7-9-11-15)16-12-13-19(5-2)14-16/h7-11,16H,4-6,12-14H2,1-3H3/t16-,18-/m0/s1. The summed E-state index contributed by atoms with van der Waals surface area (Å²) in [5.74, 6) is 0.283. The molecule has 1 saturated heterocycles. The van der Waals surface area contributed by atoms with Gasteiger partial charge >= 0.3 is 5.97 Å². The number of hydrogen-bond acceptors (Lipinski definition) is 3. The molecule has 0 radical (unpaired) electrons. The fourth-order valence-corrected chi connectivity index (χ4v) is 3.67. The van der Waals surface area contributed by atoms with E-state index in [1.165, 1.54) is 0 Å². The lowest BCUT2D eigenvalue weighted by molar-refractivity contribution is -0.152. The van der Waals surface area contributed by atoms with Crippen LogP contribution >= 0.6 is 0 Å². The van der Waals surface area contributed by atoms with E-state index >= 15 is 0 Å². The van der Waals surface area contributed by atoms with Crippen LogP contribution in [0.1, 0.15) is 39.2 Å². The fourth-order valence-electron chi connectivity index (χ4n) is 3.67. The van der Waals surface area contributed by atoms with Gasteiger partial charge in [-0.3, -0.25) is 4.79 Å². The Morgan fingerprint density at radius 2 is 2.00 bits per heavy atom. The molecular formula is C18H27NO2. The average molecular weight is 289 g/mol. The zero-order valence-electron chi connectivity index (χ0n) is 13.5. The summed E-state index contributed by atoms with van der Waals surface area (Å²) in [6, 6.07) is 10.2. The molecule has 1 aromatic rings. The number of rotatable bonds is 6. The molecule has 1 aliphatic rings. The van der Waals surface area contributed by atoms with Crippen molar-refractivity contribution in [1.29, 1.82) is 0 Å². The quantitative estimate of drug-likeness (QED) is 0.753. The van der Waals surface area contributed by atoms with E-state index in [-0.39, 0.29) is 5.97 Å². The maximum absolute atomic E-state index is 12.8. The van der Waals surface area contributed by atoms with Gasteiger partial charge in [0.05, 0.1) is 12.0 Å². The minimum atomic E-state index is -0.499. The van der Waals surface area contributed by atoms with Gasteiger partial charge in [-0.1, -0.05) is 44.2 Å². The van der Waals surface area contributed by atoms with Crippen molar-refractivity contribution in [3.05, 3.63) is 35.9 Å². The molecule has 0 N–H and O–H groups in total. The first-order valence-electron chi connectivity index (χ1n) is 8.14. The van der Waals surface area contributed by atoms with Crippen molar-refractivity contribution >= 4 is 5.97 Å². The van der Waals surface area contributed by atoms with E-state index in [1.54, 1.807) is 0 Å². The number of benzene rings is 1. The highest BCUT2D eigenvalue weighted by Crippen LogP contribution is 2.42. The predicted octanol–water partition coefficient (Wildman–Crippen LogP) is 3.24. The van der Waals surface area contributed by atoms with Crippen molar-refractivity contribution in [1.82, 2.24) is 4.90 Å². The summed E-state index contributed by atoms with van der Waals surface area (Å²) in [5.41, 5.74) is 0.607. The summed E-state index contributed by atoms with van der Waals surface area (Å²) in [4.78, 5) is 15.3. The maximum Gasteiger partial charge on any atom is 0.316 e. The Morgan fingerprint density at radius 3 is 2.52 bits per heavy atom. The molecule has 21 heavy (non-hydrogen) atoms. The number of hydrogen-bond donors (Lipinski definition) is 0. The number of nitrogens with zero attached hydrogens (tertiary/aromatic N) is 1. The molecule has 116 valence electrons. The van der Waals surface area contributed by atoms with Gasteiger partial charge < -0.3 is 9.64 Å². The topological polar surface area (TPSA) is 29.5 Å². The van der Waals surface area contributed by atoms with E-state index < -0.39 is 5.41 Å². The van der Waals surface area contributed by atoms with Crippen LogP contribution in [0.2, 0.25) is 0 Å². The second kappa shape index (κ2) is 7.08. The molecule has 0 amide bonds. The highest BCUT2D eigenvalue weighted by atomic mass is 16.5. The highest BCUT2D eigenvalue weighted by Gasteiger charge is 2.48. The van der Waals surface area contributed by atoms with Gasteiger partial charge in [-0.05, 0) is 44.3 Å². The van der Waals surface area contributed by atoms with E-state index in [2.05, 4.69) is 30.9 Å². The van der Waals surface area contributed by atoms with E-state index in [0.29, 0.717) is 12.5 Å². The van der Waals surface area contributed by atoms with Gasteiger partial charge in [0.2, 0.25) is 0 Å². The van der Waals surface area contributed by atoms with Crippen molar-refractivity contribution in [3.63, 3.8) is 0 Å². The summed E-state index contributed by atoms with van der Waals surface area (Å²) in [5, 5.41) is 0. The summed E-state index contributed by atoms with van der Waals surface area (Å²) < 4.78 is 5.48. The summed E-state index contributed by atoms with van der Waals surface area (Å²) in [6.07, 6.45) is 1.85. The Hall–Kier alpha value is -1.35. The van der Waals surface area contributed by atoms with Gasteiger partial charge in [0.15, 0.2) is 0 Å². The minimum absolute atomic E-state index is 0.0540. The lowest BCUT2D eigenvalue weighted by Gasteiger charge is -2.36. The van der Waals surface area contributed by atoms with Crippen LogP contribution in [0.3, 0.4) is 0 Å². The molecular weight excluding hydrogens is 262 g/mol. The van der Waals surface area contributed by atoms with Crippen molar-refractivity contribution in [2.45, 2.75) is 39.0 Å². The molecule has 3 heteroatoms. The van der Waals surface area contributed by atoms with E-state index in [1.807, 2.05) is 25.1 Å². The molecule has 1 heterocycles. The lowest BCUT2D eigenvalue weighted by Crippen LogP contribution is -2.45. The second-order valence-electron chi connectivity index (χ2n) is 5.79. The van der Waals surface area contributed by atoms with Gasteiger partial charge in [0.1, 0.15) is 0 Å². The molecule has 0 aliphatic carbocycles. The third kappa shape index (κ3) is 2.98. The van der Waals surface area contributed by atoms with Crippen molar-refractivity contribution in [3.8, 4) is 0 Å². The van der Waals surface area contributed by atoms with E-state index in [4.69, 9.17) is 4.74 Å². The molecule has 0 aromatic heterocycles. The van der Waals surface area contributed by atoms with Crippen molar-refractivity contribution in [2.75, 3.05) is 26.2 Å². The maximum atomic E-state index is 12.8. The Labute approximate surface area is 128 Å². The molecule has 0 unspecified atom stereocenters.